The number of nitrogens with zero attached hydrogens (tertiary/aromatic N) is 3. The average molecular weight is 376 g/mol. The number of para-hydroxylation sites is 1. The number of aromatic carboxylic acids is 1. The molecule has 138 valence electrons. The summed E-state index contributed by atoms with van der Waals surface area (Å²) in [7, 11) is -1.24. The van der Waals surface area contributed by atoms with Crippen molar-refractivity contribution in [1.29, 1.82) is 0 Å². The number of nitrogens with one attached hydrogen (secondary N) is 1. The molecule has 1 aromatic carbocycles. The molecule has 0 spiro atoms. The van der Waals surface area contributed by atoms with E-state index in [9.17, 15) is 18.3 Å². The van der Waals surface area contributed by atoms with Crippen LogP contribution in [0.2, 0.25) is 0 Å². The van der Waals surface area contributed by atoms with Gasteiger partial charge in [0.2, 0.25) is 5.95 Å². The number of aryl methyl sites for hydroxylation is 1. The molecule has 1 atom stereocenters. The van der Waals surface area contributed by atoms with Crippen molar-refractivity contribution in [1.82, 2.24) is 9.97 Å². The molecule has 0 radical (unpaired) electrons. The number of carboxylic acid groups (broad SMARTS) is 1. The maximum Gasteiger partial charge on any atom is 0.337 e. The van der Waals surface area contributed by atoms with Crippen molar-refractivity contribution >= 4 is 33.3 Å². The Morgan fingerprint density at radius 2 is 2.04 bits per heavy atom. The molecule has 0 bridgehead atoms. The van der Waals surface area contributed by atoms with Crippen molar-refractivity contribution in [2.45, 2.75) is 19.4 Å². The summed E-state index contributed by atoms with van der Waals surface area (Å²) in [5.41, 5.74) is 1.26. The molecule has 1 aromatic heterocycles. The van der Waals surface area contributed by atoms with Gasteiger partial charge >= 0.3 is 5.97 Å². The molecule has 1 unspecified atom stereocenters. The number of carboxylic acids is 1. The Morgan fingerprint density at radius 3 is 2.69 bits per heavy atom. The molecule has 2 aromatic rings. The summed E-state index contributed by atoms with van der Waals surface area (Å²) in [6, 6.07) is 8.10. The van der Waals surface area contributed by atoms with E-state index in [1.54, 1.807) is 43.1 Å². The smallest absolute Gasteiger partial charge is 0.337 e. The summed E-state index contributed by atoms with van der Waals surface area (Å²) in [6.07, 6.45) is 0.542. The fourth-order valence-corrected chi connectivity index (χ4v) is 4.71. The first-order valence-corrected chi connectivity index (χ1v) is 9.95. The number of sulfone groups is 1. The highest BCUT2D eigenvalue weighted by molar-refractivity contribution is 7.91. The van der Waals surface area contributed by atoms with Crippen molar-refractivity contribution < 1.29 is 18.3 Å². The Hall–Kier alpha value is -2.68. The monoisotopic (exact) mass is 376 g/mol. The van der Waals surface area contributed by atoms with Crippen LogP contribution in [0.3, 0.4) is 0 Å². The van der Waals surface area contributed by atoms with E-state index in [1.807, 2.05) is 0 Å². The highest BCUT2D eigenvalue weighted by Gasteiger charge is 2.32. The summed E-state index contributed by atoms with van der Waals surface area (Å²) < 4.78 is 23.4. The van der Waals surface area contributed by atoms with Gasteiger partial charge in [-0.1, -0.05) is 12.1 Å². The van der Waals surface area contributed by atoms with Crippen LogP contribution in [0.25, 0.3) is 0 Å². The summed E-state index contributed by atoms with van der Waals surface area (Å²) in [4.78, 5) is 21.9. The van der Waals surface area contributed by atoms with Gasteiger partial charge in [0.1, 0.15) is 5.82 Å². The molecule has 0 amide bonds. The molecule has 0 saturated carbocycles. The van der Waals surface area contributed by atoms with Gasteiger partial charge in [-0.2, -0.15) is 4.98 Å². The van der Waals surface area contributed by atoms with Crippen LogP contribution in [0.1, 0.15) is 22.5 Å². The Kier molecular flexibility index (Phi) is 4.82. The Labute approximate surface area is 151 Å². The molecule has 9 heteroatoms. The third-order valence-corrected chi connectivity index (χ3v) is 6.08. The maximum absolute atomic E-state index is 11.7. The first kappa shape index (κ1) is 18.1. The molecule has 1 saturated heterocycles. The summed E-state index contributed by atoms with van der Waals surface area (Å²) in [6.45, 7) is 1.80. The lowest BCUT2D eigenvalue weighted by molar-refractivity contribution is 0.0698. The summed E-state index contributed by atoms with van der Waals surface area (Å²) in [5.74, 6) is 0.0831. The number of benzene rings is 1. The van der Waals surface area contributed by atoms with E-state index in [0.717, 1.165) is 0 Å². The van der Waals surface area contributed by atoms with Crippen molar-refractivity contribution in [3.8, 4) is 0 Å². The third kappa shape index (κ3) is 3.93. The van der Waals surface area contributed by atoms with Crippen molar-refractivity contribution in [2.75, 3.05) is 28.8 Å². The van der Waals surface area contributed by atoms with Gasteiger partial charge < -0.3 is 15.3 Å². The predicted octanol–water partition coefficient (Wildman–Crippen LogP) is 1.85. The Balaban J connectivity index is 1.88. The van der Waals surface area contributed by atoms with Gasteiger partial charge in [-0.15, -0.1) is 0 Å². The minimum atomic E-state index is -3.01. The molecule has 1 aliphatic rings. The third-order valence-electron chi connectivity index (χ3n) is 4.33. The zero-order chi connectivity index (χ0) is 18.9. The van der Waals surface area contributed by atoms with Gasteiger partial charge in [-0.3, -0.25) is 0 Å². The molecule has 3 rings (SSSR count). The van der Waals surface area contributed by atoms with Gasteiger partial charge in [0, 0.05) is 24.8 Å². The standard InChI is InChI=1S/C17H20N4O4S/c1-11-9-15(19-14-6-4-3-5-13(14)16(22)23)20-17(18-11)21(2)12-7-8-26(24,25)10-12/h3-6,9,12H,7-8,10H2,1-2H3,(H,22,23)(H,18,19,20). The second-order valence-corrected chi connectivity index (χ2v) is 8.57. The summed E-state index contributed by atoms with van der Waals surface area (Å²) >= 11 is 0. The molecule has 1 fully saturated rings. The van der Waals surface area contributed by atoms with E-state index in [1.165, 1.54) is 6.07 Å². The van der Waals surface area contributed by atoms with E-state index >= 15 is 0 Å². The largest absolute Gasteiger partial charge is 0.478 e. The van der Waals surface area contributed by atoms with Gasteiger partial charge in [-0.05, 0) is 25.5 Å². The molecule has 2 heterocycles. The molecule has 2 N–H and O–H groups in total. The van der Waals surface area contributed by atoms with Gasteiger partial charge in [0.05, 0.1) is 22.8 Å². The maximum atomic E-state index is 11.7. The van der Waals surface area contributed by atoms with E-state index in [0.29, 0.717) is 29.6 Å². The number of carbonyl (C=O) groups is 1. The topological polar surface area (TPSA) is 112 Å². The van der Waals surface area contributed by atoms with Crippen LogP contribution in [-0.2, 0) is 9.84 Å². The zero-order valence-electron chi connectivity index (χ0n) is 14.5. The first-order chi connectivity index (χ1) is 12.2. The molecule has 26 heavy (non-hydrogen) atoms. The zero-order valence-corrected chi connectivity index (χ0v) is 15.3. The highest BCUT2D eigenvalue weighted by Crippen LogP contribution is 2.24. The van der Waals surface area contributed by atoms with Crippen LogP contribution in [0.4, 0.5) is 17.5 Å². The second-order valence-electron chi connectivity index (χ2n) is 6.34. The Morgan fingerprint density at radius 1 is 1.31 bits per heavy atom. The van der Waals surface area contributed by atoms with Crippen molar-refractivity contribution in [3.05, 3.63) is 41.6 Å². The second kappa shape index (κ2) is 6.91. The first-order valence-electron chi connectivity index (χ1n) is 8.13. The lowest BCUT2D eigenvalue weighted by Crippen LogP contribution is -2.34. The number of hydrogen-bond acceptors (Lipinski definition) is 7. The minimum absolute atomic E-state index is 0.0887. The van der Waals surface area contributed by atoms with Crippen LogP contribution in [0, 0.1) is 6.92 Å². The molecular formula is C17H20N4O4S. The SMILES string of the molecule is Cc1cc(Nc2ccccc2C(=O)O)nc(N(C)C2CCS(=O)(=O)C2)n1. The van der Waals surface area contributed by atoms with Crippen LogP contribution in [0.15, 0.2) is 30.3 Å². The fraction of sp³-hybridized carbons (Fsp3) is 0.353. The van der Waals surface area contributed by atoms with Crippen LogP contribution in [0.5, 0.6) is 0 Å². The van der Waals surface area contributed by atoms with Crippen LogP contribution >= 0.6 is 0 Å². The Bertz CT molecular complexity index is 946. The molecular weight excluding hydrogens is 356 g/mol. The lowest BCUT2D eigenvalue weighted by Gasteiger charge is -2.24. The number of aromatic nitrogens is 2. The van der Waals surface area contributed by atoms with Crippen molar-refractivity contribution in [3.63, 3.8) is 0 Å². The molecule has 1 aliphatic heterocycles. The van der Waals surface area contributed by atoms with Gasteiger partial charge in [-0.25, -0.2) is 18.2 Å². The minimum Gasteiger partial charge on any atom is -0.478 e. The van der Waals surface area contributed by atoms with Crippen LogP contribution < -0.4 is 10.2 Å². The van der Waals surface area contributed by atoms with E-state index < -0.39 is 15.8 Å². The normalized spacial score (nSPS) is 18.5. The predicted molar refractivity (Wildman–Crippen MR) is 98.9 cm³/mol. The highest BCUT2D eigenvalue weighted by atomic mass is 32.2. The number of hydrogen-bond donors (Lipinski definition) is 2. The number of rotatable bonds is 5. The van der Waals surface area contributed by atoms with Gasteiger partial charge in [0.15, 0.2) is 9.84 Å². The van der Waals surface area contributed by atoms with E-state index in [2.05, 4.69) is 15.3 Å². The summed E-state index contributed by atoms with van der Waals surface area (Å²) in [5, 5.41) is 12.3. The van der Waals surface area contributed by atoms with Crippen LogP contribution in [-0.4, -0.2) is 54.1 Å². The van der Waals surface area contributed by atoms with Crippen molar-refractivity contribution in [2.24, 2.45) is 0 Å². The lowest BCUT2D eigenvalue weighted by atomic mass is 10.2. The fourth-order valence-electron chi connectivity index (χ4n) is 2.94. The average Bonchev–Trinajstić information content (AvgIpc) is 2.94. The van der Waals surface area contributed by atoms with E-state index in [4.69, 9.17) is 0 Å². The molecule has 8 nitrogen and oxygen atoms in total. The molecule has 0 aliphatic carbocycles. The van der Waals surface area contributed by atoms with Gasteiger partial charge in [0.25, 0.3) is 0 Å². The quantitative estimate of drug-likeness (QED) is 0.813. The van der Waals surface area contributed by atoms with E-state index in [-0.39, 0.29) is 23.1 Å². The number of anilines is 3.